The number of rotatable bonds is 3. The van der Waals surface area contributed by atoms with Crippen LogP contribution in [0.4, 0.5) is 5.69 Å². The highest BCUT2D eigenvalue weighted by molar-refractivity contribution is 6.30. The molecule has 6 nitrogen and oxygen atoms in total. The van der Waals surface area contributed by atoms with Crippen LogP contribution in [0.3, 0.4) is 0 Å². The Hall–Kier alpha value is -2.83. The number of aryl methyl sites for hydroxylation is 2. The Balaban J connectivity index is 1.24. The molecule has 3 aromatic rings. The van der Waals surface area contributed by atoms with Crippen molar-refractivity contribution in [2.24, 2.45) is 0 Å². The van der Waals surface area contributed by atoms with Crippen molar-refractivity contribution >= 4 is 23.2 Å². The number of ether oxygens (including phenoxy) is 1. The first-order chi connectivity index (χ1) is 15.5. The van der Waals surface area contributed by atoms with Crippen molar-refractivity contribution in [3.05, 3.63) is 81.6 Å². The minimum absolute atomic E-state index is 0.00443. The van der Waals surface area contributed by atoms with Gasteiger partial charge < -0.3 is 14.5 Å². The van der Waals surface area contributed by atoms with Gasteiger partial charge in [0.05, 0.1) is 18.8 Å². The molecule has 1 saturated heterocycles. The first-order valence-corrected chi connectivity index (χ1v) is 11.4. The highest BCUT2D eigenvalue weighted by Crippen LogP contribution is 2.28. The fraction of sp³-hybridized carbons (Fsp3) is 0.360. The van der Waals surface area contributed by atoms with Gasteiger partial charge in [0.15, 0.2) is 5.69 Å². The molecular formula is C25H27ClN4O2. The molecular weight excluding hydrogens is 424 g/mol. The van der Waals surface area contributed by atoms with Gasteiger partial charge in [-0.05, 0) is 49.2 Å². The third-order valence-corrected chi connectivity index (χ3v) is 6.61. The van der Waals surface area contributed by atoms with E-state index in [4.69, 9.17) is 16.3 Å². The summed E-state index contributed by atoms with van der Waals surface area (Å²) in [6.45, 7) is 8.32. The van der Waals surface area contributed by atoms with Gasteiger partial charge in [-0.1, -0.05) is 41.4 Å². The Morgan fingerprint density at radius 2 is 1.78 bits per heavy atom. The standard InChI is InChI=1S/C25H27ClN4O2/c1-17-3-8-23(18(2)13-17)28-9-11-29(12-10-28)25(31)22-14-21-16-32-24(15-30(21)27-22)19-4-6-20(26)7-5-19/h3-8,13-14,24H,9-12,15-16H2,1-2H3. The van der Waals surface area contributed by atoms with Crippen LogP contribution in [0.2, 0.25) is 5.02 Å². The molecule has 32 heavy (non-hydrogen) atoms. The molecule has 1 amide bonds. The zero-order valence-electron chi connectivity index (χ0n) is 18.4. The molecule has 2 aromatic carbocycles. The zero-order valence-corrected chi connectivity index (χ0v) is 19.2. The molecule has 0 saturated carbocycles. The molecule has 2 aliphatic heterocycles. The number of carbonyl (C=O) groups is 1. The van der Waals surface area contributed by atoms with Gasteiger partial charge in [0, 0.05) is 36.9 Å². The van der Waals surface area contributed by atoms with E-state index in [1.807, 2.05) is 39.9 Å². The monoisotopic (exact) mass is 450 g/mol. The number of halogens is 1. The zero-order chi connectivity index (χ0) is 22.2. The van der Waals surface area contributed by atoms with E-state index in [-0.39, 0.29) is 12.0 Å². The van der Waals surface area contributed by atoms with Crippen molar-refractivity contribution in [2.45, 2.75) is 33.1 Å². The van der Waals surface area contributed by atoms with E-state index >= 15 is 0 Å². The van der Waals surface area contributed by atoms with Crippen LogP contribution in [0.1, 0.15) is 39.0 Å². The van der Waals surface area contributed by atoms with E-state index < -0.39 is 0 Å². The minimum Gasteiger partial charge on any atom is -0.368 e. The van der Waals surface area contributed by atoms with E-state index in [2.05, 4.69) is 42.0 Å². The van der Waals surface area contributed by atoms with Gasteiger partial charge in [-0.2, -0.15) is 5.10 Å². The summed E-state index contributed by atoms with van der Waals surface area (Å²) in [6, 6.07) is 16.1. The summed E-state index contributed by atoms with van der Waals surface area (Å²) in [7, 11) is 0. The van der Waals surface area contributed by atoms with Crippen molar-refractivity contribution < 1.29 is 9.53 Å². The Labute approximate surface area is 193 Å². The molecule has 7 heteroatoms. The Morgan fingerprint density at radius 3 is 2.50 bits per heavy atom. The summed E-state index contributed by atoms with van der Waals surface area (Å²) in [5, 5.41) is 5.33. The van der Waals surface area contributed by atoms with E-state index in [1.54, 1.807) is 0 Å². The average molecular weight is 451 g/mol. The quantitative estimate of drug-likeness (QED) is 0.594. The molecule has 1 aromatic heterocycles. The van der Waals surface area contributed by atoms with E-state index in [1.165, 1.54) is 16.8 Å². The minimum atomic E-state index is -0.0936. The molecule has 0 radical (unpaired) electrons. The van der Waals surface area contributed by atoms with Crippen LogP contribution in [0.25, 0.3) is 0 Å². The second-order valence-corrected chi connectivity index (χ2v) is 9.06. The molecule has 0 spiro atoms. The summed E-state index contributed by atoms with van der Waals surface area (Å²) in [6.07, 6.45) is -0.0936. The molecule has 0 bridgehead atoms. The smallest absolute Gasteiger partial charge is 0.274 e. The number of benzene rings is 2. The molecule has 5 rings (SSSR count). The normalized spacial score (nSPS) is 18.5. The second-order valence-electron chi connectivity index (χ2n) is 8.62. The molecule has 166 valence electrons. The van der Waals surface area contributed by atoms with Crippen LogP contribution in [0.5, 0.6) is 0 Å². The molecule has 0 N–H and O–H groups in total. The predicted octanol–water partition coefficient (Wildman–Crippen LogP) is 4.39. The van der Waals surface area contributed by atoms with Crippen LogP contribution >= 0.6 is 11.6 Å². The summed E-state index contributed by atoms with van der Waals surface area (Å²) in [4.78, 5) is 17.4. The second kappa shape index (κ2) is 8.60. The summed E-state index contributed by atoms with van der Waals surface area (Å²) in [5.41, 5.74) is 6.30. The summed E-state index contributed by atoms with van der Waals surface area (Å²) >= 11 is 6.00. The van der Waals surface area contributed by atoms with E-state index in [9.17, 15) is 4.79 Å². The molecule has 1 fully saturated rings. The molecule has 0 aliphatic carbocycles. The average Bonchev–Trinajstić information content (AvgIpc) is 3.23. The first kappa shape index (κ1) is 21.0. The number of aromatic nitrogens is 2. The van der Waals surface area contributed by atoms with Crippen molar-refractivity contribution in [2.75, 3.05) is 31.1 Å². The maximum atomic E-state index is 13.1. The Kier molecular flexibility index (Phi) is 5.66. The number of piperazine rings is 1. The molecule has 1 unspecified atom stereocenters. The van der Waals surface area contributed by atoms with Crippen LogP contribution < -0.4 is 4.90 Å². The Morgan fingerprint density at radius 1 is 1.03 bits per heavy atom. The molecule has 1 atom stereocenters. The van der Waals surface area contributed by atoms with Crippen LogP contribution in [-0.2, 0) is 17.9 Å². The van der Waals surface area contributed by atoms with E-state index in [0.717, 1.165) is 24.3 Å². The van der Waals surface area contributed by atoms with Gasteiger partial charge >= 0.3 is 0 Å². The molecule has 3 heterocycles. The summed E-state index contributed by atoms with van der Waals surface area (Å²) < 4.78 is 7.92. The van der Waals surface area contributed by atoms with Gasteiger partial charge in [-0.3, -0.25) is 9.48 Å². The fourth-order valence-electron chi connectivity index (χ4n) is 4.58. The lowest BCUT2D eigenvalue weighted by molar-refractivity contribution is -0.00121. The summed E-state index contributed by atoms with van der Waals surface area (Å²) in [5.74, 6) is -0.00443. The first-order valence-electron chi connectivity index (χ1n) is 11.0. The topological polar surface area (TPSA) is 50.6 Å². The number of nitrogens with zero attached hydrogens (tertiary/aromatic N) is 4. The van der Waals surface area contributed by atoms with Gasteiger partial charge in [-0.15, -0.1) is 0 Å². The van der Waals surface area contributed by atoms with Gasteiger partial charge in [0.1, 0.15) is 6.10 Å². The number of hydrogen-bond donors (Lipinski definition) is 0. The number of hydrogen-bond acceptors (Lipinski definition) is 4. The lowest BCUT2D eigenvalue weighted by atomic mass is 10.1. The largest absolute Gasteiger partial charge is 0.368 e. The SMILES string of the molecule is Cc1ccc(N2CCN(C(=O)c3cc4n(n3)CC(c3ccc(Cl)cc3)OC4)CC2)c(C)c1. The molecule has 2 aliphatic rings. The lowest BCUT2D eigenvalue weighted by Gasteiger charge is -2.36. The van der Waals surface area contributed by atoms with Crippen LogP contribution in [0, 0.1) is 13.8 Å². The number of fused-ring (bicyclic) bond motifs is 1. The maximum Gasteiger partial charge on any atom is 0.274 e. The third-order valence-electron chi connectivity index (χ3n) is 6.36. The number of carbonyl (C=O) groups excluding carboxylic acids is 1. The van der Waals surface area contributed by atoms with Crippen LogP contribution in [-0.4, -0.2) is 46.8 Å². The van der Waals surface area contributed by atoms with E-state index in [0.29, 0.717) is 37.0 Å². The highest BCUT2D eigenvalue weighted by Gasteiger charge is 2.28. The Bertz CT molecular complexity index is 1130. The van der Waals surface area contributed by atoms with Crippen molar-refractivity contribution in [1.29, 1.82) is 0 Å². The van der Waals surface area contributed by atoms with Gasteiger partial charge in [-0.25, -0.2) is 0 Å². The fourth-order valence-corrected chi connectivity index (χ4v) is 4.71. The third kappa shape index (κ3) is 4.12. The lowest BCUT2D eigenvalue weighted by Crippen LogP contribution is -2.49. The van der Waals surface area contributed by atoms with Gasteiger partial charge in [0.2, 0.25) is 0 Å². The van der Waals surface area contributed by atoms with Gasteiger partial charge in [0.25, 0.3) is 5.91 Å². The number of amides is 1. The maximum absolute atomic E-state index is 13.1. The predicted molar refractivity (Wildman–Crippen MR) is 125 cm³/mol. The van der Waals surface area contributed by atoms with Crippen molar-refractivity contribution in [3.63, 3.8) is 0 Å². The highest BCUT2D eigenvalue weighted by atomic mass is 35.5. The van der Waals surface area contributed by atoms with Crippen molar-refractivity contribution in [3.8, 4) is 0 Å². The van der Waals surface area contributed by atoms with Crippen molar-refractivity contribution in [1.82, 2.24) is 14.7 Å². The number of anilines is 1. The van der Waals surface area contributed by atoms with Crippen LogP contribution in [0.15, 0.2) is 48.5 Å².